The van der Waals surface area contributed by atoms with E-state index in [-0.39, 0.29) is 0 Å². The van der Waals surface area contributed by atoms with E-state index >= 15 is 0 Å². The summed E-state index contributed by atoms with van der Waals surface area (Å²) >= 11 is 6.05. The number of anilines is 3. The van der Waals surface area contributed by atoms with Crippen LogP contribution in [0.25, 0.3) is 0 Å². The molecule has 0 aliphatic rings. The van der Waals surface area contributed by atoms with Gasteiger partial charge in [-0.25, -0.2) is 4.98 Å². The van der Waals surface area contributed by atoms with Gasteiger partial charge in [0.25, 0.3) is 0 Å². The molecule has 2 aromatic rings. The second-order valence-electron chi connectivity index (χ2n) is 4.09. The van der Waals surface area contributed by atoms with Gasteiger partial charge in [-0.15, -0.1) is 0 Å². The first-order valence-electron chi connectivity index (χ1n) is 5.93. The van der Waals surface area contributed by atoms with Crippen molar-refractivity contribution in [1.29, 1.82) is 5.26 Å². The first kappa shape index (κ1) is 14.8. The third kappa shape index (κ3) is 3.09. The summed E-state index contributed by atoms with van der Waals surface area (Å²) < 4.78 is 10.4. The summed E-state index contributed by atoms with van der Waals surface area (Å²) in [6.45, 7) is 0. The highest BCUT2D eigenvalue weighted by Crippen LogP contribution is 2.37. The van der Waals surface area contributed by atoms with Gasteiger partial charge in [0.1, 0.15) is 23.4 Å². The molecule has 0 atom stereocenters. The topological polar surface area (TPSA) is 93.2 Å². The number of nitrogens with two attached hydrogens (primary N) is 1. The highest BCUT2D eigenvalue weighted by atomic mass is 35.5. The minimum Gasteiger partial charge on any atom is -0.495 e. The molecule has 1 heterocycles. The zero-order valence-corrected chi connectivity index (χ0v) is 12.2. The number of halogens is 1. The minimum absolute atomic E-state index is 0.325. The normalized spacial score (nSPS) is 9.81. The van der Waals surface area contributed by atoms with E-state index in [2.05, 4.69) is 10.3 Å². The van der Waals surface area contributed by atoms with Gasteiger partial charge in [0.2, 0.25) is 0 Å². The fourth-order valence-electron chi connectivity index (χ4n) is 1.75. The van der Waals surface area contributed by atoms with E-state index in [0.29, 0.717) is 39.3 Å². The van der Waals surface area contributed by atoms with Crippen molar-refractivity contribution >= 4 is 28.8 Å². The fourth-order valence-corrected chi connectivity index (χ4v) is 1.98. The summed E-state index contributed by atoms with van der Waals surface area (Å²) in [7, 11) is 3.03. The molecular formula is C14H13ClN4O2. The molecule has 7 heteroatoms. The number of nitriles is 1. The van der Waals surface area contributed by atoms with Crippen molar-refractivity contribution in [1.82, 2.24) is 4.98 Å². The maximum Gasteiger partial charge on any atom is 0.148 e. The summed E-state index contributed by atoms with van der Waals surface area (Å²) in [5.41, 5.74) is 6.93. The van der Waals surface area contributed by atoms with Gasteiger partial charge >= 0.3 is 0 Å². The largest absolute Gasteiger partial charge is 0.495 e. The molecule has 1 aromatic carbocycles. The van der Waals surface area contributed by atoms with Gasteiger partial charge in [0.05, 0.1) is 42.4 Å². The molecule has 0 aliphatic heterocycles. The number of methoxy groups -OCH3 is 2. The van der Waals surface area contributed by atoms with E-state index < -0.39 is 0 Å². The Labute approximate surface area is 127 Å². The number of ether oxygens (including phenoxy) is 2. The number of benzene rings is 1. The number of pyridine rings is 1. The Morgan fingerprint density at radius 1 is 1.24 bits per heavy atom. The lowest BCUT2D eigenvalue weighted by atomic mass is 10.2. The molecule has 1 aromatic heterocycles. The predicted octanol–water partition coefficient (Wildman–Crippen LogP) is 2.95. The van der Waals surface area contributed by atoms with E-state index in [0.717, 1.165) is 0 Å². The van der Waals surface area contributed by atoms with Crippen LogP contribution in [0.2, 0.25) is 5.02 Å². The van der Waals surface area contributed by atoms with Crippen molar-refractivity contribution in [3.63, 3.8) is 0 Å². The zero-order valence-electron chi connectivity index (χ0n) is 11.5. The van der Waals surface area contributed by atoms with Crippen molar-refractivity contribution in [2.75, 3.05) is 25.3 Å². The van der Waals surface area contributed by atoms with Crippen molar-refractivity contribution in [3.05, 3.63) is 35.0 Å². The van der Waals surface area contributed by atoms with E-state index in [1.165, 1.54) is 26.5 Å². The van der Waals surface area contributed by atoms with E-state index in [9.17, 15) is 0 Å². The van der Waals surface area contributed by atoms with Crippen molar-refractivity contribution in [3.8, 4) is 17.6 Å². The Bertz CT molecular complexity index is 713. The average Bonchev–Trinajstić information content (AvgIpc) is 2.50. The third-order valence-electron chi connectivity index (χ3n) is 2.76. The summed E-state index contributed by atoms with van der Waals surface area (Å²) in [5.74, 6) is 1.35. The monoisotopic (exact) mass is 304 g/mol. The number of nitrogens with zero attached hydrogens (tertiary/aromatic N) is 2. The number of rotatable bonds is 4. The molecule has 0 unspecified atom stereocenters. The molecule has 6 nitrogen and oxygen atoms in total. The van der Waals surface area contributed by atoms with Crippen LogP contribution in [0, 0.1) is 11.3 Å². The minimum atomic E-state index is 0.325. The number of hydrogen-bond acceptors (Lipinski definition) is 6. The summed E-state index contributed by atoms with van der Waals surface area (Å²) in [4.78, 5) is 4.11. The first-order chi connectivity index (χ1) is 10.1. The van der Waals surface area contributed by atoms with Gasteiger partial charge in [-0.1, -0.05) is 11.6 Å². The smallest absolute Gasteiger partial charge is 0.148 e. The molecule has 0 radical (unpaired) electrons. The lowest BCUT2D eigenvalue weighted by Gasteiger charge is -2.14. The zero-order chi connectivity index (χ0) is 15.4. The van der Waals surface area contributed by atoms with E-state index in [1.807, 2.05) is 6.07 Å². The molecule has 2 rings (SSSR count). The van der Waals surface area contributed by atoms with Crippen LogP contribution in [0.1, 0.15) is 5.56 Å². The van der Waals surface area contributed by atoms with E-state index in [4.69, 9.17) is 32.1 Å². The quantitative estimate of drug-likeness (QED) is 0.902. The van der Waals surface area contributed by atoms with Crippen LogP contribution in [0.3, 0.4) is 0 Å². The fraction of sp³-hybridized carbons (Fsp3) is 0.143. The Morgan fingerprint density at radius 2 is 1.95 bits per heavy atom. The molecule has 0 bridgehead atoms. The highest BCUT2D eigenvalue weighted by Gasteiger charge is 2.12. The molecule has 0 amide bonds. The molecule has 0 saturated heterocycles. The van der Waals surface area contributed by atoms with Crippen LogP contribution in [0.5, 0.6) is 11.5 Å². The maximum atomic E-state index is 9.13. The van der Waals surface area contributed by atoms with Crippen molar-refractivity contribution in [2.45, 2.75) is 0 Å². The summed E-state index contributed by atoms with van der Waals surface area (Å²) in [6.07, 6.45) is 1.46. The van der Waals surface area contributed by atoms with Gasteiger partial charge in [0, 0.05) is 12.1 Å². The number of aromatic nitrogens is 1. The Morgan fingerprint density at radius 3 is 2.57 bits per heavy atom. The van der Waals surface area contributed by atoms with E-state index in [1.54, 1.807) is 12.1 Å². The molecule has 21 heavy (non-hydrogen) atoms. The SMILES string of the molecule is COc1cc(Nc2ncc(N)cc2C#N)c(OC)cc1Cl. The Kier molecular flexibility index (Phi) is 4.36. The molecule has 0 fully saturated rings. The lowest BCUT2D eigenvalue weighted by Crippen LogP contribution is -2.01. The highest BCUT2D eigenvalue weighted by molar-refractivity contribution is 6.32. The number of nitrogen functional groups attached to an aromatic ring is 1. The van der Waals surface area contributed by atoms with Gasteiger partial charge in [0.15, 0.2) is 0 Å². The second kappa shape index (κ2) is 6.20. The van der Waals surface area contributed by atoms with Crippen molar-refractivity contribution < 1.29 is 9.47 Å². The van der Waals surface area contributed by atoms with Gasteiger partial charge in [-0.3, -0.25) is 0 Å². The predicted molar refractivity (Wildman–Crippen MR) is 81.2 cm³/mol. The van der Waals surface area contributed by atoms with Crippen LogP contribution in [-0.4, -0.2) is 19.2 Å². The lowest BCUT2D eigenvalue weighted by molar-refractivity contribution is 0.405. The molecule has 0 saturated carbocycles. The molecule has 3 N–H and O–H groups in total. The van der Waals surface area contributed by atoms with Crippen molar-refractivity contribution in [2.24, 2.45) is 0 Å². The maximum absolute atomic E-state index is 9.13. The van der Waals surface area contributed by atoms with Crippen LogP contribution in [0.15, 0.2) is 24.4 Å². The van der Waals surface area contributed by atoms with Gasteiger partial charge in [-0.2, -0.15) is 5.26 Å². The summed E-state index contributed by atoms with van der Waals surface area (Å²) in [6, 6.07) is 6.85. The molecule has 0 spiro atoms. The van der Waals surface area contributed by atoms with Crippen LogP contribution >= 0.6 is 11.6 Å². The molecule has 108 valence electrons. The first-order valence-corrected chi connectivity index (χ1v) is 6.31. The van der Waals surface area contributed by atoms with Gasteiger partial charge < -0.3 is 20.5 Å². The average molecular weight is 305 g/mol. The number of hydrogen-bond donors (Lipinski definition) is 2. The van der Waals surface area contributed by atoms with Crippen LogP contribution in [0.4, 0.5) is 17.2 Å². The van der Waals surface area contributed by atoms with Crippen LogP contribution < -0.4 is 20.5 Å². The summed E-state index contributed by atoms with van der Waals surface area (Å²) in [5, 5.41) is 12.6. The standard InChI is InChI=1S/C14H13ClN4O2/c1-20-12-5-11(13(21-2)4-10(12)15)19-14-8(6-16)3-9(17)7-18-14/h3-5,7H,17H2,1-2H3,(H,18,19). The Hall–Kier alpha value is -2.65. The molecular weight excluding hydrogens is 292 g/mol. The Balaban J connectivity index is 2.46. The second-order valence-corrected chi connectivity index (χ2v) is 4.50. The third-order valence-corrected chi connectivity index (χ3v) is 3.05. The number of nitrogens with one attached hydrogen (secondary N) is 1. The van der Waals surface area contributed by atoms with Gasteiger partial charge in [-0.05, 0) is 6.07 Å². The van der Waals surface area contributed by atoms with Crippen LogP contribution in [-0.2, 0) is 0 Å². The molecule has 0 aliphatic carbocycles.